The molecule has 9 heteroatoms. The number of carbonyl (C=O) groups excluding carboxylic acids is 1. The molecule has 0 unspecified atom stereocenters. The number of halogens is 1. The van der Waals surface area contributed by atoms with Crippen molar-refractivity contribution in [1.82, 2.24) is 19.7 Å². The lowest BCUT2D eigenvalue weighted by atomic mass is 9.94. The Bertz CT molecular complexity index is 1580. The van der Waals surface area contributed by atoms with E-state index < -0.39 is 0 Å². The third-order valence-electron chi connectivity index (χ3n) is 7.15. The molecule has 1 aliphatic carbocycles. The van der Waals surface area contributed by atoms with Gasteiger partial charge in [0, 0.05) is 29.6 Å². The summed E-state index contributed by atoms with van der Waals surface area (Å²) in [7, 11) is 1.65. The number of amidine groups is 1. The Morgan fingerprint density at radius 1 is 1.02 bits per heavy atom. The number of nitrogens with zero attached hydrogens (tertiary/aromatic N) is 5. The first-order chi connectivity index (χ1) is 19.6. The number of para-hydroxylation sites is 1. The molecule has 3 heterocycles. The number of methoxy groups -OCH3 is 1. The van der Waals surface area contributed by atoms with Gasteiger partial charge in [-0.25, -0.2) is 14.7 Å². The van der Waals surface area contributed by atoms with Crippen LogP contribution in [0.1, 0.15) is 37.7 Å². The van der Waals surface area contributed by atoms with Crippen molar-refractivity contribution in [2.75, 3.05) is 7.11 Å². The number of thioether (sulfide) groups is 1. The smallest absolute Gasteiger partial charge is 0.267 e. The van der Waals surface area contributed by atoms with Crippen molar-refractivity contribution in [3.05, 3.63) is 94.7 Å². The third kappa shape index (κ3) is 5.42. The molecule has 6 rings (SSSR count). The van der Waals surface area contributed by atoms with Gasteiger partial charge in [-0.05, 0) is 79.2 Å². The molecular formula is C31H28ClN5O2S. The summed E-state index contributed by atoms with van der Waals surface area (Å²) in [6.45, 7) is 0. The van der Waals surface area contributed by atoms with E-state index in [-0.39, 0.29) is 11.9 Å². The average Bonchev–Trinajstić information content (AvgIpc) is 3.56. The second kappa shape index (κ2) is 11.7. The van der Waals surface area contributed by atoms with E-state index in [9.17, 15) is 4.79 Å². The van der Waals surface area contributed by atoms with Gasteiger partial charge in [0.1, 0.15) is 11.4 Å². The molecule has 2 aromatic heterocycles. The number of amides is 1. The lowest BCUT2D eigenvalue weighted by Gasteiger charge is -2.30. The SMILES string of the molecule is COc1ccc(-c2nn(-c3ccccc3)cc2/C=C2\SC(=Nc3cccnc3Cl)N(C3CCCCC3)C2=O)cc1. The molecule has 0 bridgehead atoms. The van der Waals surface area contributed by atoms with Crippen LogP contribution in [0.5, 0.6) is 5.75 Å². The van der Waals surface area contributed by atoms with Gasteiger partial charge in [0.05, 0.1) is 23.4 Å². The van der Waals surface area contributed by atoms with Gasteiger partial charge in [-0.2, -0.15) is 5.10 Å². The predicted molar refractivity (Wildman–Crippen MR) is 161 cm³/mol. The Balaban J connectivity index is 1.43. The van der Waals surface area contributed by atoms with E-state index in [0.29, 0.717) is 20.9 Å². The highest BCUT2D eigenvalue weighted by molar-refractivity contribution is 8.18. The highest BCUT2D eigenvalue weighted by atomic mass is 35.5. The second-order valence-corrected chi connectivity index (χ2v) is 11.1. The number of hydrogen-bond donors (Lipinski definition) is 0. The molecule has 0 atom stereocenters. The minimum atomic E-state index is -0.0381. The van der Waals surface area contributed by atoms with Gasteiger partial charge in [0.25, 0.3) is 5.91 Å². The van der Waals surface area contributed by atoms with Crippen LogP contribution in [0.15, 0.2) is 89.0 Å². The first-order valence-electron chi connectivity index (χ1n) is 13.3. The number of carbonyl (C=O) groups is 1. The van der Waals surface area contributed by atoms with Gasteiger partial charge in [-0.3, -0.25) is 9.69 Å². The summed E-state index contributed by atoms with van der Waals surface area (Å²) in [6.07, 6.45) is 10.9. The van der Waals surface area contributed by atoms with Crippen molar-refractivity contribution in [2.45, 2.75) is 38.1 Å². The highest BCUT2D eigenvalue weighted by Crippen LogP contribution is 2.40. The van der Waals surface area contributed by atoms with E-state index in [2.05, 4.69) is 4.98 Å². The molecule has 2 fully saturated rings. The van der Waals surface area contributed by atoms with Crippen molar-refractivity contribution in [2.24, 2.45) is 4.99 Å². The lowest BCUT2D eigenvalue weighted by Crippen LogP contribution is -2.40. The maximum Gasteiger partial charge on any atom is 0.267 e. The summed E-state index contributed by atoms with van der Waals surface area (Å²) in [4.78, 5) is 25.4. The maximum atomic E-state index is 14.0. The summed E-state index contributed by atoms with van der Waals surface area (Å²) in [5.41, 5.74) is 4.03. The minimum Gasteiger partial charge on any atom is -0.497 e. The fourth-order valence-corrected chi connectivity index (χ4v) is 6.31. The van der Waals surface area contributed by atoms with Crippen LogP contribution < -0.4 is 4.74 Å². The number of ether oxygens (including phenoxy) is 1. The van der Waals surface area contributed by atoms with Crippen LogP contribution >= 0.6 is 23.4 Å². The Morgan fingerprint density at radius 2 is 1.80 bits per heavy atom. The highest BCUT2D eigenvalue weighted by Gasteiger charge is 2.39. The van der Waals surface area contributed by atoms with Gasteiger partial charge >= 0.3 is 0 Å². The standard InChI is InChI=1S/C31H28ClN5O2S/c1-39-25-16-14-21(15-17-25)28-22(20-36(35-28)23-9-4-2-5-10-23)19-27-30(38)37(24-11-6-3-7-12-24)31(40-27)34-26-13-8-18-33-29(26)32/h2,4-5,8-10,13-20,24H,3,6-7,11-12H2,1H3/b27-19-,34-31?. The average molecular weight is 570 g/mol. The Hall–Kier alpha value is -3.88. The van der Waals surface area contributed by atoms with Crippen molar-refractivity contribution < 1.29 is 9.53 Å². The summed E-state index contributed by atoms with van der Waals surface area (Å²) in [5.74, 6) is 0.731. The molecule has 7 nitrogen and oxygen atoms in total. The van der Waals surface area contributed by atoms with Gasteiger partial charge in [-0.1, -0.05) is 49.1 Å². The lowest BCUT2D eigenvalue weighted by molar-refractivity contribution is -0.124. The molecule has 1 amide bonds. The largest absolute Gasteiger partial charge is 0.497 e. The fraction of sp³-hybridized carbons (Fsp3) is 0.226. The van der Waals surface area contributed by atoms with Crippen LogP contribution in [-0.2, 0) is 4.79 Å². The van der Waals surface area contributed by atoms with Gasteiger partial charge in [0.15, 0.2) is 10.3 Å². The van der Waals surface area contributed by atoms with Crippen molar-refractivity contribution in [1.29, 1.82) is 0 Å². The molecule has 40 heavy (non-hydrogen) atoms. The summed E-state index contributed by atoms with van der Waals surface area (Å²) in [5, 5.41) is 5.87. The molecule has 0 spiro atoms. The third-order valence-corrected chi connectivity index (χ3v) is 8.42. The van der Waals surface area contributed by atoms with E-state index in [1.54, 1.807) is 19.4 Å². The molecule has 2 aliphatic rings. The zero-order chi connectivity index (χ0) is 27.5. The Kier molecular flexibility index (Phi) is 7.71. The van der Waals surface area contributed by atoms with Crippen LogP contribution in [0.3, 0.4) is 0 Å². The van der Waals surface area contributed by atoms with Gasteiger partial charge in [0.2, 0.25) is 0 Å². The van der Waals surface area contributed by atoms with Crippen molar-refractivity contribution >= 4 is 46.2 Å². The van der Waals surface area contributed by atoms with Crippen molar-refractivity contribution in [3.63, 3.8) is 0 Å². The number of pyridine rings is 1. The molecule has 202 valence electrons. The van der Waals surface area contributed by atoms with Crippen molar-refractivity contribution in [3.8, 4) is 22.7 Å². The normalized spacial score (nSPS) is 18.1. The van der Waals surface area contributed by atoms with Crippen LogP contribution in [0.2, 0.25) is 5.15 Å². The molecule has 1 aliphatic heterocycles. The quantitative estimate of drug-likeness (QED) is 0.177. The minimum absolute atomic E-state index is 0.0381. The van der Waals surface area contributed by atoms with E-state index >= 15 is 0 Å². The molecule has 0 N–H and O–H groups in total. The number of hydrogen-bond acceptors (Lipinski definition) is 6. The van der Waals surface area contributed by atoms with Crippen LogP contribution in [-0.4, -0.2) is 43.9 Å². The van der Waals surface area contributed by atoms with Gasteiger partial charge in [-0.15, -0.1) is 0 Å². The van der Waals surface area contributed by atoms with Crippen LogP contribution in [0.4, 0.5) is 5.69 Å². The maximum absolute atomic E-state index is 14.0. The molecule has 4 aromatic rings. The van der Waals surface area contributed by atoms with E-state index in [1.165, 1.54) is 18.2 Å². The van der Waals surface area contributed by atoms with Crippen LogP contribution in [0.25, 0.3) is 23.0 Å². The number of aliphatic imine (C=N–C) groups is 1. The van der Waals surface area contributed by atoms with Gasteiger partial charge < -0.3 is 4.74 Å². The molecule has 1 saturated heterocycles. The molecular weight excluding hydrogens is 542 g/mol. The molecule has 2 aromatic carbocycles. The fourth-order valence-electron chi connectivity index (χ4n) is 5.11. The monoisotopic (exact) mass is 569 g/mol. The first-order valence-corrected chi connectivity index (χ1v) is 14.5. The van der Waals surface area contributed by atoms with E-state index in [1.807, 2.05) is 82.5 Å². The Labute approximate surface area is 242 Å². The Morgan fingerprint density at radius 3 is 2.52 bits per heavy atom. The zero-order valence-electron chi connectivity index (χ0n) is 22.0. The zero-order valence-corrected chi connectivity index (χ0v) is 23.6. The summed E-state index contributed by atoms with van der Waals surface area (Å²) >= 11 is 7.72. The second-order valence-electron chi connectivity index (χ2n) is 9.73. The summed E-state index contributed by atoms with van der Waals surface area (Å²) < 4.78 is 7.20. The topological polar surface area (TPSA) is 72.6 Å². The summed E-state index contributed by atoms with van der Waals surface area (Å²) in [6, 6.07) is 21.5. The van der Waals surface area contributed by atoms with E-state index in [0.717, 1.165) is 53.9 Å². The number of aromatic nitrogens is 3. The van der Waals surface area contributed by atoms with E-state index in [4.69, 9.17) is 26.4 Å². The number of benzene rings is 2. The van der Waals surface area contributed by atoms with Crippen LogP contribution in [0, 0.1) is 0 Å². The number of rotatable bonds is 6. The molecule has 0 radical (unpaired) electrons. The molecule has 1 saturated carbocycles. The predicted octanol–water partition coefficient (Wildman–Crippen LogP) is 7.53. The first kappa shape index (κ1) is 26.3.